The predicted molar refractivity (Wildman–Crippen MR) is 82.2 cm³/mol. The third-order valence-electron chi connectivity index (χ3n) is 3.45. The van der Waals surface area contributed by atoms with Crippen molar-refractivity contribution in [3.63, 3.8) is 0 Å². The molecule has 0 bridgehead atoms. The van der Waals surface area contributed by atoms with Gasteiger partial charge in [-0.1, -0.05) is 12.1 Å². The summed E-state index contributed by atoms with van der Waals surface area (Å²) in [6.45, 7) is 2.18. The van der Waals surface area contributed by atoms with E-state index in [2.05, 4.69) is 35.8 Å². The van der Waals surface area contributed by atoms with Crippen molar-refractivity contribution < 1.29 is 4.74 Å². The third kappa shape index (κ3) is 3.58. The first-order chi connectivity index (χ1) is 9.24. The summed E-state index contributed by atoms with van der Waals surface area (Å²) in [4.78, 5) is 1.45. The number of ether oxygens (including phenoxy) is 1. The SMILES string of the molecule is CNC(CCc1ccc(OC)cc1)c1sccc1C. The molecule has 1 N–H and O–H groups in total. The molecule has 3 heteroatoms. The molecule has 102 valence electrons. The van der Waals surface area contributed by atoms with Crippen LogP contribution in [0.3, 0.4) is 0 Å². The second-order valence-corrected chi connectivity index (χ2v) is 5.64. The van der Waals surface area contributed by atoms with Crippen LogP contribution in [0.4, 0.5) is 0 Å². The molecule has 1 heterocycles. The molecule has 0 fully saturated rings. The lowest BCUT2D eigenvalue weighted by molar-refractivity contribution is 0.414. The number of methoxy groups -OCH3 is 1. The molecule has 2 aromatic rings. The predicted octanol–water partition coefficient (Wildman–Crippen LogP) is 3.96. The minimum Gasteiger partial charge on any atom is -0.497 e. The Hall–Kier alpha value is -1.32. The van der Waals surface area contributed by atoms with Gasteiger partial charge >= 0.3 is 0 Å². The van der Waals surface area contributed by atoms with Gasteiger partial charge in [-0.2, -0.15) is 0 Å². The van der Waals surface area contributed by atoms with Crippen LogP contribution in [-0.4, -0.2) is 14.2 Å². The molecule has 1 atom stereocenters. The molecule has 1 unspecified atom stereocenters. The fraction of sp³-hybridized carbons (Fsp3) is 0.375. The van der Waals surface area contributed by atoms with Crippen LogP contribution in [0, 0.1) is 6.92 Å². The van der Waals surface area contributed by atoms with E-state index in [4.69, 9.17) is 4.74 Å². The first kappa shape index (κ1) is 14.1. The second kappa shape index (κ2) is 6.73. The normalized spacial score (nSPS) is 12.4. The maximum Gasteiger partial charge on any atom is 0.118 e. The highest BCUT2D eigenvalue weighted by Gasteiger charge is 2.12. The van der Waals surface area contributed by atoms with E-state index in [-0.39, 0.29) is 0 Å². The van der Waals surface area contributed by atoms with Gasteiger partial charge in [0.15, 0.2) is 0 Å². The summed E-state index contributed by atoms with van der Waals surface area (Å²) in [6, 6.07) is 11.0. The highest BCUT2D eigenvalue weighted by atomic mass is 32.1. The number of hydrogen-bond donors (Lipinski definition) is 1. The molecule has 19 heavy (non-hydrogen) atoms. The Morgan fingerprint density at radius 1 is 1.21 bits per heavy atom. The smallest absolute Gasteiger partial charge is 0.118 e. The minimum absolute atomic E-state index is 0.446. The van der Waals surface area contributed by atoms with E-state index in [0.29, 0.717) is 6.04 Å². The number of rotatable bonds is 6. The van der Waals surface area contributed by atoms with Crippen LogP contribution in [0.1, 0.15) is 28.5 Å². The highest BCUT2D eigenvalue weighted by Crippen LogP contribution is 2.27. The zero-order chi connectivity index (χ0) is 13.7. The van der Waals surface area contributed by atoms with Crippen LogP contribution >= 0.6 is 11.3 Å². The number of hydrogen-bond acceptors (Lipinski definition) is 3. The van der Waals surface area contributed by atoms with Crippen LogP contribution in [0.5, 0.6) is 5.75 Å². The lowest BCUT2D eigenvalue weighted by Gasteiger charge is -2.16. The van der Waals surface area contributed by atoms with Crippen LogP contribution in [-0.2, 0) is 6.42 Å². The van der Waals surface area contributed by atoms with E-state index in [1.54, 1.807) is 7.11 Å². The Labute approximate surface area is 119 Å². The molecule has 1 aromatic heterocycles. The topological polar surface area (TPSA) is 21.3 Å². The standard InChI is InChI=1S/C16H21NOS/c1-12-10-11-19-16(12)15(17-2)9-6-13-4-7-14(18-3)8-5-13/h4-5,7-8,10-11,15,17H,6,9H2,1-3H3. The van der Waals surface area contributed by atoms with Gasteiger partial charge < -0.3 is 10.1 Å². The van der Waals surface area contributed by atoms with Crippen LogP contribution in [0.25, 0.3) is 0 Å². The Morgan fingerprint density at radius 2 is 1.95 bits per heavy atom. The van der Waals surface area contributed by atoms with E-state index >= 15 is 0 Å². The largest absolute Gasteiger partial charge is 0.497 e. The Kier molecular flexibility index (Phi) is 5.00. The third-order valence-corrected chi connectivity index (χ3v) is 4.58. The van der Waals surface area contributed by atoms with Crippen LogP contribution < -0.4 is 10.1 Å². The van der Waals surface area contributed by atoms with E-state index in [1.807, 2.05) is 30.5 Å². The van der Waals surface area contributed by atoms with E-state index < -0.39 is 0 Å². The molecule has 0 radical (unpaired) electrons. The van der Waals surface area contributed by atoms with Gasteiger partial charge in [0, 0.05) is 10.9 Å². The molecule has 0 saturated heterocycles. The highest BCUT2D eigenvalue weighted by molar-refractivity contribution is 7.10. The van der Waals surface area contributed by atoms with Crippen LogP contribution in [0.2, 0.25) is 0 Å². The Bertz CT molecular complexity index is 504. The summed E-state index contributed by atoms with van der Waals surface area (Å²) in [5.74, 6) is 0.919. The van der Waals surface area contributed by atoms with Gasteiger partial charge in [-0.15, -0.1) is 11.3 Å². The molecular weight excluding hydrogens is 254 g/mol. The monoisotopic (exact) mass is 275 g/mol. The van der Waals surface area contributed by atoms with Gasteiger partial charge in [0.1, 0.15) is 5.75 Å². The Morgan fingerprint density at radius 3 is 2.47 bits per heavy atom. The summed E-state index contributed by atoms with van der Waals surface area (Å²) in [5, 5.41) is 5.59. The van der Waals surface area contributed by atoms with Gasteiger partial charge in [-0.3, -0.25) is 0 Å². The van der Waals surface area contributed by atoms with Gasteiger partial charge in [0.25, 0.3) is 0 Å². The van der Waals surface area contributed by atoms with Gasteiger partial charge in [-0.25, -0.2) is 0 Å². The average Bonchev–Trinajstić information content (AvgIpc) is 2.87. The first-order valence-corrected chi connectivity index (χ1v) is 7.46. The zero-order valence-corrected chi connectivity index (χ0v) is 12.6. The number of aryl methyl sites for hydroxylation is 2. The number of thiophene rings is 1. The molecule has 0 spiro atoms. The molecule has 0 saturated carbocycles. The fourth-order valence-electron chi connectivity index (χ4n) is 2.25. The van der Waals surface area contributed by atoms with Gasteiger partial charge in [-0.05, 0) is 61.5 Å². The van der Waals surface area contributed by atoms with Crippen molar-refractivity contribution >= 4 is 11.3 Å². The van der Waals surface area contributed by atoms with E-state index in [0.717, 1.165) is 18.6 Å². The maximum atomic E-state index is 5.18. The molecule has 0 aliphatic rings. The average molecular weight is 275 g/mol. The summed E-state index contributed by atoms with van der Waals surface area (Å²) >= 11 is 1.84. The summed E-state index contributed by atoms with van der Waals surface area (Å²) < 4.78 is 5.18. The number of nitrogens with one attached hydrogen (secondary N) is 1. The van der Waals surface area contributed by atoms with Crippen molar-refractivity contribution in [2.75, 3.05) is 14.2 Å². The van der Waals surface area contributed by atoms with Crippen molar-refractivity contribution in [2.24, 2.45) is 0 Å². The van der Waals surface area contributed by atoms with Crippen molar-refractivity contribution in [2.45, 2.75) is 25.8 Å². The minimum atomic E-state index is 0.446. The zero-order valence-electron chi connectivity index (χ0n) is 11.8. The summed E-state index contributed by atoms with van der Waals surface area (Å²) in [5.41, 5.74) is 2.74. The van der Waals surface area contributed by atoms with Crippen LogP contribution in [0.15, 0.2) is 35.7 Å². The van der Waals surface area contributed by atoms with Crippen molar-refractivity contribution in [3.05, 3.63) is 51.7 Å². The lowest BCUT2D eigenvalue weighted by Crippen LogP contribution is -2.16. The number of benzene rings is 1. The lowest BCUT2D eigenvalue weighted by atomic mass is 10.0. The molecule has 2 rings (SSSR count). The molecular formula is C16H21NOS. The molecule has 0 amide bonds. The summed E-state index contributed by atoms with van der Waals surface area (Å²) in [6.07, 6.45) is 2.19. The fourth-order valence-corrected chi connectivity index (χ4v) is 3.32. The second-order valence-electron chi connectivity index (χ2n) is 4.70. The first-order valence-electron chi connectivity index (χ1n) is 6.58. The quantitative estimate of drug-likeness (QED) is 0.861. The molecule has 0 aliphatic carbocycles. The van der Waals surface area contributed by atoms with Gasteiger partial charge in [0.05, 0.1) is 7.11 Å². The van der Waals surface area contributed by atoms with Crippen molar-refractivity contribution in [1.82, 2.24) is 5.32 Å². The molecule has 0 aliphatic heterocycles. The Balaban J connectivity index is 1.98. The van der Waals surface area contributed by atoms with E-state index in [9.17, 15) is 0 Å². The van der Waals surface area contributed by atoms with E-state index in [1.165, 1.54) is 16.0 Å². The van der Waals surface area contributed by atoms with Crippen molar-refractivity contribution in [3.8, 4) is 5.75 Å². The van der Waals surface area contributed by atoms with Gasteiger partial charge in [0.2, 0.25) is 0 Å². The van der Waals surface area contributed by atoms with Crippen molar-refractivity contribution in [1.29, 1.82) is 0 Å². The maximum absolute atomic E-state index is 5.18. The molecule has 1 aromatic carbocycles. The summed E-state index contributed by atoms with van der Waals surface area (Å²) in [7, 11) is 3.74. The molecule has 2 nitrogen and oxygen atoms in total.